The van der Waals surface area contributed by atoms with Gasteiger partial charge in [0.1, 0.15) is 0 Å². The molecule has 1 aromatic carbocycles. The average molecular weight is 321 g/mol. The Hall–Kier alpha value is -2.46. The number of aromatic nitrogens is 1. The highest BCUT2D eigenvalue weighted by atomic mass is 16.2. The zero-order valence-electron chi connectivity index (χ0n) is 14.1. The van der Waals surface area contributed by atoms with Crippen molar-refractivity contribution >= 4 is 12.0 Å². The number of nitrogens with zero attached hydrogens (tertiary/aromatic N) is 3. The van der Waals surface area contributed by atoms with Crippen LogP contribution in [0.1, 0.15) is 16.7 Å². The van der Waals surface area contributed by atoms with E-state index in [1.54, 1.807) is 18.5 Å². The first-order valence-electron chi connectivity index (χ1n) is 8.36. The van der Waals surface area contributed by atoms with E-state index in [2.05, 4.69) is 41.1 Å². The second-order valence-corrected chi connectivity index (χ2v) is 6.15. The van der Waals surface area contributed by atoms with Gasteiger partial charge in [0.05, 0.1) is 0 Å². The Balaban J connectivity index is 1.50. The van der Waals surface area contributed by atoms with Crippen LogP contribution in [0.5, 0.6) is 0 Å². The SMILES string of the molecule is Cc1ccccc1CN1CCN(C(=O)/C=C/c2cccnc2)CC1. The van der Waals surface area contributed by atoms with Gasteiger partial charge in [0.2, 0.25) is 5.91 Å². The first-order valence-corrected chi connectivity index (χ1v) is 8.36. The highest BCUT2D eigenvalue weighted by Gasteiger charge is 2.19. The number of aryl methyl sites for hydroxylation is 1. The Labute approximate surface area is 143 Å². The normalized spacial score (nSPS) is 15.8. The van der Waals surface area contributed by atoms with Crippen molar-refractivity contribution < 1.29 is 4.79 Å². The van der Waals surface area contributed by atoms with Gasteiger partial charge in [-0.05, 0) is 35.8 Å². The molecule has 24 heavy (non-hydrogen) atoms. The number of pyridine rings is 1. The molecule has 0 saturated carbocycles. The molecule has 2 heterocycles. The predicted molar refractivity (Wildman–Crippen MR) is 96.3 cm³/mol. The van der Waals surface area contributed by atoms with Crippen LogP contribution in [-0.2, 0) is 11.3 Å². The molecule has 0 bridgehead atoms. The van der Waals surface area contributed by atoms with Gasteiger partial charge < -0.3 is 4.90 Å². The minimum atomic E-state index is 0.0781. The molecular weight excluding hydrogens is 298 g/mol. The second kappa shape index (κ2) is 7.88. The Morgan fingerprint density at radius 3 is 2.62 bits per heavy atom. The van der Waals surface area contributed by atoms with Crippen LogP contribution in [-0.4, -0.2) is 46.9 Å². The summed E-state index contributed by atoms with van der Waals surface area (Å²) in [6, 6.07) is 12.3. The minimum Gasteiger partial charge on any atom is -0.337 e. The molecule has 124 valence electrons. The maximum absolute atomic E-state index is 12.3. The number of piperazine rings is 1. The van der Waals surface area contributed by atoms with E-state index >= 15 is 0 Å². The number of hydrogen-bond donors (Lipinski definition) is 0. The van der Waals surface area contributed by atoms with Crippen molar-refractivity contribution in [3.63, 3.8) is 0 Å². The fraction of sp³-hybridized carbons (Fsp3) is 0.300. The molecule has 4 nitrogen and oxygen atoms in total. The molecule has 1 amide bonds. The van der Waals surface area contributed by atoms with Gasteiger partial charge in [0.15, 0.2) is 0 Å². The quantitative estimate of drug-likeness (QED) is 0.813. The summed E-state index contributed by atoms with van der Waals surface area (Å²) in [6.07, 6.45) is 6.96. The molecule has 0 radical (unpaired) electrons. The molecule has 1 aliphatic heterocycles. The molecule has 1 aromatic heterocycles. The lowest BCUT2D eigenvalue weighted by molar-refractivity contribution is -0.127. The highest BCUT2D eigenvalue weighted by molar-refractivity contribution is 5.91. The van der Waals surface area contributed by atoms with E-state index in [1.165, 1.54) is 11.1 Å². The average Bonchev–Trinajstić information content (AvgIpc) is 2.63. The summed E-state index contributed by atoms with van der Waals surface area (Å²) in [6.45, 7) is 6.50. The third-order valence-corrected chi connectivity index (χ3v) is 4.44. The topological polar surface area (TPSA) is 36.4 Å². The molecule has 0 unspecified atom stereocenters. The summed E-state index contributed by atoms with van der Waals surface area (Å²) in [5.74, 6) is 0.0781. The lowest BCUT2D eigenvalue weighted by Crippen LogP contribution is -2.47. The molecule has 0 aliphatic carbocycles. The van der Waals surface area contributed by atoms with Crippen LogP contribution >= 0.6 is 0 Å². The molecule has 1 fully saturated rings. The molecule has 0 spiro atoms. The van der Waals surface area contributed by atoms with Crippen molar-refractivity contribution in [2.75, 3.05) is 26.2 Å². The van der Waals surface area contributed by atoms with E-state index in [1.807, 2.05) is 23.1 Å². The molecule has 1 aliphatic rings. The Bertz CT molecular complexity index is 704. The van der Waals surface area contributed by atoms with Crippen molar-refractivity contribution in [1.82, 2.24) is 14.8 Å². The van der Waals surface area contributed by atoms with Crippen molar-refractivity contribution in [2.24, 2.45) is 0 Å². The lowest BCUT2D eigenvalue weighted by atomic mass is 10.1. The van der Waals surface area contributed by atoms with Crippen molar-refractivity contribution in [3.8, 4) is 0 Å². The zero-order chi connectivity index (χ0) is 16.8. The Morgan fingerprint density at radius 1 is 1.12 bits per heavy atom. The number of rotatable bonds is 4. The number of amides is 1. The van der Waals surface area contributed by atoms with Crippen LogP contribution < -0.4 is 0 Å². The van der Waals surface area contributed by atoms with Gasteiger partial charge in [-0.3, -0.25) is 14.7 Å². The number of hydrogen-bond acceptors (Lipinski definition) is 3. The summed E-state index contributed by atoms with van der Waals surface area (Å²) in [7, 11) is 0. The Kier molecular flexibility index (Phi) is 5.39. The van der Waals surface area contributed by atoms with Gasteiger partial charge in [0, 0.05) is 51.2 Å². The number of carbonyl (C=O) groups excluding carboxylic acids is 1. The molecule has 2 aromatic rings. The summed E-state index contributed by atoms with van der Waals surface area (Å²) in [5, 5.41) is 0. The van der Waals surface area contributed by atoms with Crippen LogP contribution in [0.2, 0.25) is 0 Å². The van der Waals surface area contributed by atoms with Crippen LogP contribution in [0.3, 0.4) is 0 Å². The second-order valence-electron chi connectivity index (χ2n) is 6.15. The van der Waals surface area contributed by atoms with Crippen LogP contribution in [0.4, 0.5) is 0 Å². The minimum absolute atomic E-state index is 0.0781. The van der Waals surface area contributed by atoms with Gasteiger partial charge in [-0.2, -0.15) is 0 Å². The van der Waals surface area contributed by atoms with Crippen molar-refractivity contribution in [2.45, 2.75) is 13.5 Å². The zero-order valence-corrected chi connectivity index (χ0v) is 14.1. The fourth-order valence-corrected chi connectivity index (χ4v) is 2.90. The lowest BCUT2D eigenvalue weighted by Gasteiger charge is -2.34. The standard InChI is InChI=1S/C20H23N3O/c1-17-5-2-3-7-19(17)16-22-11-13-23(14-12-22)20(24)9-8-18-6-4-10-21-15-18/h2-10,15H,11-14,16H2,1H3/b9-8+. The molecule has 3 rings (SSSR count). The van der Waals surface area contributed by atoms with Gasteiger partial charge in [-0.15, -0.1) is 0 Å². The highest BCUT2D eigenvalue weighted by Crippen LogP contribution is 2.13. The van der Waals surface area contributed by atoms with E-state index in [-0.39, 0.29) is 5.91 Å². The van der Waals surface area contributed by atoms with E-state index in [9.17, 15) is 4.79 Å². The fourth-order valence-electron chi connectivity index (χ4n) is 2.90. The van der Waals surface area contributed by atoms with Crippen molar-refractivity contribution in [3.05, 3.63) is 71.6 Å². The van der Waals surface area contributed by atoms with Crippen LogP contribution in [0, 0.1) is 6.92 Å². The number of benzene rings is 1. The third-order valence-electron chi connectivity index (χ3n) is 4.44. The molecular formula is C20H23N3O. The predicted octanol–water partition coefficient (Wildman–Crippen LogP) is 2.75. The molecule has 4 heteroatoms. The van der Waals surface area contributed by atoms with E-state index < -0.39 is 0 Å². The number of carbonyl (C=O) groups is 1. The maximum atomic E-state index is 12.3. The first-order chi connectivity index (χ1) is 11.7. The van der Waals surface area contributed by atoms with Crippen LogP contribution in [0.15, 0.2) is 54.9 Å². The van der Waals surface area contributed by atoms with Gasteiger partial charge in [0.25, 0.3) is 0 Å². The van der Waals surface area contributed by atoms with E-state index in [4.69, 9.17) is 0 Å². The van der Waals surface area contributed by atoms with Gasteiger partial charge >= 0.3 is 0 Å². The van der Waals surface area contributed by atoms with E-state index in [0.717, 1.165) is 38.3 Å². The third kappa shape index (κ3) is 4.30. The monoisotopic (exact) mass is 321 g/mol. The Morgan fingerprint density at radius 2 is 1.92 bits per heavy atom. The summed E-state index contributed by atoms with van der Waals surface area (Å²) in [4.78, 5) is 20.7. The molecule has 1 saturated heterocycles. The molecule has 0 atom stereocenters. The van der Waals surface area contributed by atoms with Crippen molar-refractivity contribution in [1.29, 1.82) is 0 Å². The smallest absolute Gasteiger partial charge is 0.246 e. The summed E-state index contributed by atoms with van der Waals surface area (Å²) >= 11 is 0. The first kappa shape index (κ1) is 16.4. The summed E-state index contributed by atoms with van der Waals surface area (Å²) < 4.78 is 0. The largest absolute Gasteiger partial charge is 0.337 e. The van der Waals surface area contributed by atoms with Crippen LogP contribution in [0.25, 0.3) is 6.08 Å². The summed E-state index contributed by atoms with van der Waals surface area (Å²) in [5.41, 5.74) is 3.65. The van der Waals surface area contributed by atoms with Gasteiger partial charge in [-0.25, -0.2) is 0 Å². The van der Waals surface area contributed by atoms with Gasteiger partial charge in [-0.1, -0.05) is 30.3 Å². The molecule has 0 N–H and O–H groups in total. The van der Waals surface area contributed by atoms with E-state index in [0.29, 0.717) is 0 Å². The maximum Gasteiger partial charge on any atom is 0.246 e.